The largest absolute Gasteiger partial charge is 0.519 e. The van der Waals surface area contributed by atoms with Crippen LogP contribution >= 0.6 is 0 Å². The van der Waals surface area contributed by atoms with Gasteiger partial charge in [0.1, 0.15) is 0 Å². The van der Waals surface area contributed by atoms with E-state index >= 15 is 0 Å². The fourth-order valence-electron chi connectivity index (χ4n) is 4.19. The summed E-state index contributed by atoms with van der Waals surface area (Å²) >= 11 is 0. The number of nitrogens with zero attached hydrogens (tertiary/aromatic N) is 3. The summed E-state index contributed by atoms with van der Waals surface area (Å²) in [7, 11) is 0.335. The van der Waals surface area contributed by atoms with Crippen molar-refractivity contribution in [2.75, 3.05) is 19.6 Å². The molecule has 3 saturated heterocycles. The van der Waals surface area contributed by atoms with Crippen LogP contribution in [0, 0.1) is 5.92 Å². The van der Waals surface area contributed by atoms with Crippen molar-refractivity contribution < 1.29 is 9.13 Å². The Hall–Kier alpha value is -1.49. The van der Waals surface area contributed by atoms with Gasteiger partial charge < -0.3 is 9.13 Å². The molecule has 104 valence electrons. The quantitative estimate of drug-likeness (QED) is 0.658. The van der Waals surface area contributed by atoms with Crippen LogP contribution in [-0.4, -0.2) is 47.2 Å². The van der Waals surface area contributed by atoms with Gasteiger partial charge in [0, 0.05) is 19.0 Å². The van der Waals surface area contributed by atoms with Gasteiger partial charge in [-0.25, -0.2) is 0 Å². The zero-order chi connectivity index (χ0) is 13.4. The molecular weight excluding hydrogens is 249 g/mol. The van der Waals surface area contributed by atoms with Crippen LogP contribution in [0.1, 0.15) is 12.8 Å². The first kappa shape index (κ1) is 11.2. The van der Waals surface area contributed by atoms with Gasteiger partial charge in [0.2, 0.25) is 0 Å². The summed E-state index contributed by atoms with van der Waals surface area (Å²) in [5, 5.41) is 0. The van der Waals surface area contributed by atoms with Crippen LogP contribution in [0.2, 0.25) is 0 Å². The molecule has 0 radical (unpaired) electrons. The van der Waals surface area contributed by atoms with Crippen molar-refractivity contribution in [1.82, 2.24) is 9.55 Å². The molecule has 4 aliphatic heterocycles. The van der Waals surface area contributed by atoms with Crippen molar-refractivity contribution in [2.45, 2.75) is 25.0 Å². The Morgan fingerprint density at radius 3 is 2.90 bits per heavy atom. The summed E-state index contributed by atoms with van der Waals surface area (Å²) in [6, 6.07) is 9.28. The number of hydrogen-bond acceptors (Lipinski definition) is 2. The number of para-hydroxylation sites is 2. The van der Waals surface area contributed by atoms with Crippen molar-refractivity contribution in [3.05, 3.63) is 24.3 Å². The molecule has 2 aromatic rings. The predicted molar refractivity (Wildman–Crippen MR) is 80.6 cm³/mol. The third-order valence-corrected chi connectivity index (χ3v) is 5.16. The first-order valence-electron chi connectivity index (χ1n) is 7.21. The van der Waals surface area contributed by atoms with Crippen molar-refractivity contribution in [1.29, 1.82) is 0 Å². The van der Waals surface area contributed by atoms with E-state index in [-0.39, 0.29) is 5.60 Å². The molecule has 0 amide bonds. The van der Waals surface area contributed by atoms with Crippen molar-refractivity contribution in [3.63, 3.8) is 0 Å². The highest BCUT2D eigenvalue weighted by Gasteiger charge is 2.56. The Labute approximate surface area is 119 Å². The maximum atomic E-state index is 6.50. The van der Waals surface area contributed by atoms with Crippen LogP contribution in [0.5, 0.6) is 6.01 Å². The standard InChI is InChI=1S/C15H20BN3O/c16-19-7-5-11(6-8-19)15(10-19)9-18-13-4-2-1-3-12(13)17-14(18)20-15/h1-4,11H,5-10H2,16H3. The summed E-state index contributed by atoms with van der Waals surface area (Å²) in [6.07, 6.45) is 2.73. The van der Waals surface area contributed by atoms with Gasteiger partial charge in [-0.05, 0) is 25.0 Å². The van der Waals surface area contributed by atoms with E-state index in [0.717, 1.165) is 24.0 Å². The van der Waals surface area contributed by atoms with Crippen molar-refractivity contribution >= 4 is 19.0 Å². The fourth-order valence-corrected chi connectivity index (χ4v) is 4.19. The zero-order valence-electron chi connectivity index (χ0n) is 10.9. The molecule has 3 fully saturated rings. The second kappa shape index (κ2) is 3.39. The Morgan fingerprint density at radius 2 is 2.10 bits per heavy atom. The lowest BCUT2D eigenvalue weighted by molar-refractivity contribution is -0.845. The van der Waals surface area contributed by atoms with E-state index in [0.29, 0.717) is 7.98 Å². The molecule has 4 nitrogen and oxygen atoms in total. The number of benzene rings is 1. The molecule has 1 unspecified atom stereocenters. The third kappa shape index (κ3) is 1.29. The molecular formula is C15H20BN3O. The maximum absolute atomic E-state index is 6.50. The number of fused-ring (bicyclic) bond motifs is 5. The molecule has 0 saturated carbocycles. The Bertz CT molecular complexity index is 704. The van der Waals surface area contributed by atoms with Crippen molar-refractivity contribution in [3.8, 4) is 6.01 Å². The fraction of sp³-hybridized carbons (Fsp3) is 0.533. The normalized spacial score (nSPS) is 38.4. The highest BCUT2D eigenvalue weighted by molar-refractivity contribution is 5.97. The molecule has 1 aromatic carbocycles. The van der Waals surface area contributed by atoms with Crippen LogP contribution in [0.15, 0.2) is 24.3 Å². The molecule has 5 heterocycles. The maximum Gasteiger partial charge on any atom is 0.298 e. The number of ether oxygens (including phenoxy) is 1. The summed E-state index contributed by atoms with van der Waals surface area (Å²) in [4.78, 5) is 4.70. The van der Waals surface area contributed by atoms with E-state index in [1.54, 1.807) is 0 Å². The molecule has 0 N–H and O–H groups in total. The van der Waals surface area contributed by atoms with Crippen LogP contribution < -0.4 is 4.74 Å². The number of quaternary nitrogens is 1. The highest BCUT2D eigenvalue weighted by Crippen LogP contribution is 2.46. The average molecular weight is 269 g/mol. The Kier molecular flexibility index (Phi) is 1.90. The average Bonchev–Trinajstić information content (AvgIpc) is 2.93. The Morgan fingerprint density at radius 1 is 1.30 bits per heavy atom. The summed E-state index contributed by atoms with van der Waals surface area (Å²) in [5.41, 5.74) is 2.39. The molecule has 0 aliphatic carbocycles. The first-order valence-corrected chi connectivity index (χ1v) is 7.21. The summed E-state index contributed by atoms with van der Waals surface area (Å²) in [5.74, 6) is 0.751. The second-order valence-corrected chi connectivity index (χ2v) is 6.19. The van der Waals surface area contributed by atoms with E-state index < -0.39 is 0 Å². The first-order chi connectivity index (χ1) is 9.68. The van der Waals surface area contributed by atoms with E-state index in [1.807, 2.05) is 0 Å². The summed E-state index contributed by atoms with van der Waals surface area (Å²) < 4.78 is 10.2. The molecule has 20 heavy (non-hydrogen) atoms. The lowest BCUT2D eigenvalue weighted by Crippen LogP contribution is -2.69. The number of hydrogen-bond donors (Lipinski definition) is 0. The van der Waals surface area contributed by atoms with Crippen LogP contribution in [-0.2, 0) is 6.54 Å². The van der Waals surface area contributed by atoms with E-state index in [2.05, 4.69) is 28.8 Å². The van der Waals surface area contributed by atoms with Crippen molar-refractivity contribution in [2.24, 2.45) is 5.92 Å². The smallest absolute Gasteiger partial charge is 0.298 e. The monoisotopic (exact) mass is 269 g/mol. The molecule has 2 bridgehead atoms. The third-order valence-electron chi connectivity index (χ3n) is 5.16. The molecule has 4 aliphatic rings. The van der Waals surface area contributed by atoms with E-state index in [9.17, 15) is 0 Å². The molecule has 1 atom stereocenters. The van der Waals surface area contributed by atoms with Gasteiger partial charge >= 0.3 is 0 Å². The van der Waals surface area contributed by atoms with Gasteiger partial charge in [-0.1, -0.05) is 12.1 Å². The van der Waals surface area contributed by atoms with E-state index in [1.165, 1.54) is 42.4 Å². The number of piperidine rings is 3. The molecule has 5 heteroatoms. The Balaban J connectivity index is 1.60. The second-order valence-electron chi connectivity index (χ2n) is 6.19. The lowest BCUT2D eigenvalue weighted by atomic mass is 9.71. The molecule has 6 rings (SSSR count). The number of imidazole rings is 1. The number of aromatic nitrogens is 2. The summed E-state index contributed by atoms with van der Waals surface area (Å²) in [6.45, 7) is 5.15. The van der Waals surface area contributed by atoms with Gasteiger partial charge in [0.05, 0.1) is 24.1 Å². The predicted octanol–water partition coefficient (Wildman–Crippen LogP) is 0.688. The minimum atomic E-state index is 0.0740. The van der Waals surface area contributed by atoms with Crippen LogP contribution in [0.4, 0.5) is 0 Å². The zero-order valence-corrected chi connectivity index (χ0v) is 10.9. The highest BCUT2D eigenvalue weighted by atomic mass is 16.5. The topological polar surface area (TPSA) is 27.1 Å². The SMILES string of the molecule is [BH3-][N+]12CCC(CC1)C1(Cn3c(nc4ccccc43)O1)C2. The number of rotatable bonds is 0. The van der Waals surface area contributed by atoms with Gasteiger partial charge in [-0.15, -0.1) is 0 Å². The minimum Gasteiger partial charge on any atom is -0.519 e. The van der Waals surface area contributed by atoms with E-state index in [4.69, 9.17) is 9.72 Å². The molecule has 1 spiro atoms. The van der Waals surface area contributed by atoms with Gasteiger partial charge in [-0.3, -0.25) is 4.57 Å². The van der Waals surface area contributed by atoms with Gasteiger partial charge in [0.25, 0.3) is 6.01 Å². The van der Waals surface area contributed by atoms with Crippen LogP contribution in [0.3, 0.4) is 0 Å². The lowest BCUT2D eigenvalue weighted by Gasteiger charge is -2.60. The van der Waals surface area contributed by atoms with Gasteiger partial charge in [0.15, 0.2) is 13.6 Å². The van der Waals surface area contributed by atoms with Gasteiger partial charge in [-0.2, -0.15) is 4.98 Å². The molecule has 1 aromatic heterocycles. The minimum absolute atomic E-state index is 0.0740. The van der Waals surface area contributed by atoms with Crippen LogP contribution in [0.25, 0.3) is 11.0 Å².